The number of amides is 1. The normalized spacial score (nSPS) is 17.8. The number of aliphatic imine (C=N–C) groups is 1. The number of aromatic nitrogens is 1. The van der Waals surface area contributed by atoms with Crippen molar-refractivity contribution >= 4 is 17.8 Å². The van der Waals surface area contributed by atoms with Crippen molar-refractivity contribution in [2.75, 3.05) is 13.1 Å². The highest BCUT2D eigenvalue weighted by molar-refractivity contribution is 6.13. The van der Waals surface area contributed by atoms with Crippen molar-refractivity contribution in [3.8, 4) is 0 Å². The van der Waals surface area contributed by atoms with Crippen LogP contribution in [0.3, 0.4) is 0 Å². The molecule has 0 saturated carbocycles. The van der Waals surface area contributed by atoms with Crippen LogP contribution in [0.25, 0.3) is 6.08 Å². The number of rotatable bonds is 3. The molecule has 5 nitrogen and oxygen atoms in total. The Morgan fingerprint density at radius 2 is 2.29 bits per heavy atom. The fourth-order valence-electron chi connectivity index (χ4n) is 1.66. The largest absolute Gasteiger partial charge is 0.329 e. The number of amidine groups is 1. The van der Waals surface area contributed by atoms with Crippen molar-refractivity contribution in [3.05, 3.63) is 35.8 Å². The molecule has 1 amide bonds. The minimum atomic E-state index is -0.112. The van der Waals surface area contributed by atoms with Crippen LogP contribution in [-0.4, -0.2) is 34.7 Å². The molecule has 0 bridgehead atoms. The van der Waals surface area contributed by atoms with Crippen LogP contribution in [0.1, 0.15) is 12.6 Å². The Balaban J connectivity index is 2.25. The molecule has 1 aromatic rings. The van der Waals surface area contributed by atoms with E-state index in [2.05, 4.69) is 9.98 Å². The second kappa shape index (κ2) is 4.88. The van der Waals surface area contributed by atoms with E-state index in [0.717, 1.165) is 5.69 Å². The third-order valence-electron chi connectivity index (χ3n) is 2.46. The predicted octanol–water partition coefficient (Wildman–Crippen LogP) is 0.642. The molecule has 0 aliphatic carbocycles. The third kappa shape index (κ3) is 2.39. The van der Waals surface area contributed by atoms with E-state index in [1.165, 1.54) is 0 Å². The van der Waals surface area contributed by atoms with E-state index in [4.69, 9.17) is 5.73 Å². The zero-order chi connectivity index (χ0) is 12.3. The Labute approximate surface area is 99.7 Å². The van der Waals surface area contributed by atoms with E-state index in [-0.39, 0.29) is 5.91 Å². The smallest absolute Gasteiger partial charge is 0.277 e. The minimum Gasteiger partial charge on any atom is -0.329 e. The maximum absolute atomic E-state index is 12.0. The van der Waals surface area contributed by atoms with Crippen LogP contribution in [-0.2, 0) is 4.79 Å². The van der Waals surface area contributed by atoms with Crippen molar-refractivity contribution < 1.29 is 4.79 Å². The summed E-state index contributed by atoms with van der Waals surface area (Å²) < 4.78 is 0. The molecule has 5 heteroatoms. The van der Waals surface area contributed by atoms with Gasteiger partial charge in [-0.1, -0.05) is 6.07 Å². The number of nitrogens with two attached hydrogens (primary N) is 1. The molecule has 1 aliphatic rings. The third-order valence-corrected chi connectivity index (χ3v) is 2.46. The SMILES string of the molecule is CC1=N/C(=C/c2ccccn2)C(=O)N1CCN. The Morgan fingerprint density at radius 1 is 1.47 bits per heavy atom. The number of hydrogen-bond donors (Lipinski definition) is 1. The van der Waals surface area contributed by atoms with Crippen LogP contribution in [0.4, 0.5) is 0 Å². The summed E-state index contributed by atoms with van der Waals surface area (Å²) >= 11 is 0. The lowest BCUT2D eigenvalue weighted by atomic mass is 10.3. The van der Waals surface area contributed by atoms with Gasteiger partial charge in [0, 0.05) is 19.3 Å². The molecule has 88 valence electrons. The second-order valence-electron chi connectivity index (χ2n) is 3.69. The van der Waals surface area contributed by atoms with Gasteiger partial charge < -0.3 is 5.73 Å². The van der Waals surface area contributed by atoms with Crippen molar-refractivity contribution in [1.82, 2.24) is 9.88 Å². The van der Waals surface area contributed by atoms with Crippen LogP contribution in [0.15, 0.2) is 35.1 Å². The van der Waals surface area contributed by atoms with Gasteiger partial charge in [-0.15, -0.1) is 0 Å². The maximum Gasteiger partial charge on any atom is 0.277 e. The fraction of sp³-hybridized carbons (Fsp3) is 0.250. The monoisotopic (exact) mass is 230 g/mol. The van der Waals surface area contributed by atoms with Crippen LogP contribution in [0, 0.1) is 0 Å². The van der Waals surface area contributed by atoms with Gasteiger partial charge in [-0.3, -0.25) is 14.7 Å². The first kappa shape index (κ1) is 11.5. The minimum absolute atomic E-state index is 0.112. The Hall–Kier alpha value is -2.01. The topological polar surface area (TPSA) is 71.6 Å². The van der Waals surface area contributed by atoms with E-state index in [1.54, 1.807) is 24.1 Å². The highest BCUT2D eigenvalue weighted by Crippen LogP contribution is 2.16. The van der Waals surface area contributed by atoms with Gasteiger partial charge in [-0.05, 0) is 25.1 Å². The zero-order valence-corrected chi connectivity index (χ0v) is 9.63. The molecule has 2 rings (SSSR count). The van der Waals surface area contributed by atoms with Gasteiger partial charge in [0.05, 0.1) is 5.69 Å². The number of hydrogen-bond acceptors (Lipinski definition) is 4. The van der Waals surface area contributed by atoms with E-state index in [0.29, 0.717) is 24.6 Å². The van der Waals surface area contributed by atoms with Gasteiger partial charge in [0.25, 0.3) is 5.91 Å². The standard InChI is InChI=1S/C12H14N4O/c1-9-15-11(12(17)16(9)7-5-13)8-10-4-2-3-6-14-10/h2-4,6,8H,5,7,13H2,1H3/b11-8+. The second-order valence-corrected chi connectivity index (χ2v) is 3.69. The summed E-state index contributed by atoms with van der Waals surface area (Å²) in [7, 11) is 0. The number of nitrogens with zero attached hydrogens (tertiary/aromatic N) is 3. The first-order valence-electron chi connectivity index (χ1n) is 5.42. The summed E-state index contributed by atoms with van der Waals surface area (Å²) in [5.41, 5.74) is 6.59. The van der Waals surface area contributed by atoms with Crippen molar-refractivity contribution in [2.24, 2.45) is 10.7 Å². The molecule has 17 heavy (non-hydrogen) atoms. The molecular weight excluding hydrogens is 216 g/mol. The van der Waals surface area contributed by atoms with Crippen molar-refractivity contribution in [2.45, 2.75) is 6.92 Å². The summed E-state index contributed by atoms with van der Waals surface area (Å²) in [5.74, 6) is 0.571. The summed E-state index contributed by atoms with van der Waals surface area (Å²) in [5, 5.41) is 0. The molecule has 0 aromatic carbocycles. The van der Waals surface area contributed by atoms with Gasteiger partial charge in [-0.2, -0.15) is 0 Å². The van der Waals surface area contributed by atoms with Crippen LogP contribution in [0.2, 0.25) is 0 Å². The summed E-state index contributed by atoms with van der Waals surface area (Å²) in [6.45, 7) is 2.72. The Bertz CT molecular complexity index is 479. The summed E-state index contributed by atoms with van der Waals surface area (Å²) in [6, 6.07) is 5.53. The van der Waals surface area contributed by atoms with Crippen LogP contribution >= 0.6 is 0 Å². The van der Waals surface area contributed by atoms with Crippen molar-refractivity contribution in [1.29, 1.82) is 0 Å². The summed E-state index contributed by atoms with van der Waals surface area (Å²) in [4.78, 5) is 21.9. The lowest BCUT2D eigenvalue weighted by Crippen LogP contribution is -2.34. The quantitative estimate of drug-likeness (QED) is 0.775. The van der Waals surface area contributed by atoms with E-state index < -0.39 is 0 Å². The Kier molecular flexibility index (Phi) is 3.30. The van der Waals surface area contributed by atoms with Gasteiger partial charge in [0.15, 0.2) is 0 Å². The highest BCUT2D eigenvalue weighted by Gasteiger charge is 2.26. The van der Waals surface area contributed by atoms with Crippen LogP contribution < -0.4 is 5.73 Å². The van der Waals surface area contributed by atoms with Gasteiger partial charge in [-0.25, -0.2) is 4.99 Å². The fourth-order valence-corrected chi connectivity index (χ4v) is 1.66. The molecule has 0 unspecified atom stereocenters. The summed E-state index contributed by atoms with van der Waals surface area (Å²) in [6.07, 6.45) is 3.36. The lowest BCUT2D eigenvalue weighted by Gasteiger charge is -2.13. The first-order chi connectivity index (χ1) is 8.22. The average Bonchev–Trinajstić information content (AvgIpc) is 2.59. The molecule has 1 aliphatic heterocycles. The molecule has 0 spiro atoms. The molecular formula is C12H14N4O. The Morgan fingerprint density at radius 3 is 2.94 bits per heavy atom. The van der Waals surface area contributed by atoms with Gasteiger partial charge >= 0.3 is 0 Å². The van der Waals surface area contributed by atoms with Gasteiger partial charge in [0.1, 0.15) is 11.5 Å². The molecule has 1 aromatic heterocycles. The zero-order valence-electron chi connectivity index (χ0n) is 9.63. The van der Waals surface area contributed by atoms with E-state index >= 15 is 0 Å². The number of pyridine rings is 1. The van der Waals surface area contributed by atoms with Crippen LogP contribution in [0.5, 0.6) is 0 Å². The molecule has 0 fully saturated rings. The first-order valence-corrected chi connectivity index (χ1v) is 5.42. The number of carbonyl (C=O) groups is 1. The van der Waals surface area contributed by atoms with E-state index in [1.807, 2.05) is 18.2 Å². The molecule has 0 saturated heterocycles. The molecule has 0 radical (unpaired) electrons. The predicted molar refractivity (Wildman–Crippen MR) is 66.1 cm³/mol. The number of carbonyl (C=O) groups excluding carboxylic acids is 1. The van der Waals surface area contributed by atoms with Crippen molar-refractivity contribution in [3.63, 3.8) is 0 Å². The molecule has 2 N–H and O–H groups in total. The molecule has 0 atom stereocenters. The lowest BCUT2D eigenvalue weighted by molar-refractivity contribution is -0.122. The van der Waals surface area contributed by atoms with Gasteiger partial charge in [0.2, 0.25) is 0 Å². The maximum atomic E-state index is 12.0. The molecule has 2 heterocycles. The van der Waals surface area contributed by atoms with E-state index in [9.17, 15) is 4.79 Å². The highest BCUT2D eigenvalue weighted by atomic mass is 16.2. The average molecular weight is 230 g/mol.